The van der Waals surface area contributed by atoms with Crippen molar-refractivity contribution in [3.8, 4) is 0 Å². The second-order valence-electron chi connectivity index (χ2n) is 4.53. The molecule has 1 fully saturated rings. The first-order valence-electron chi connectivity index (χ1n) is 5.73. The van der Waals surface area contributed by atoms with Crippen molar-refractivity contribution in [2.45, 2.75) is 19.3 Å². The molecule has 0 spiro atoms. The highest BCUT2D eigenvalue weighted by atomic mass is 16.5. The maximum absolute atomic E-state index is 11.9. The predicted octanol–water partition coefficient (Wildman–Crippen LogP) is 0.854. The standard InChI is InChI=1S/C11H13N5O2/c1-6-13-11(18-15-6)14-10(17)9-3-8(9)7-4-12-16(2)5-7/h4-5,8-9H,3H2,1-2H3,(H,13,14,15,17)/t8-,9+/m1/s1. The van der Waals surface area contributed by atoms with Crippen molar-refractivity contribution >= 4 is 11.9 Å². The first-order valence-corrected chi connectivity index (χ1v) is 5.73. The maximum atomic E-state index is 11.9. The van der Waals surface area contributed by atoms with Crippen LogP contribution in [-0.2, 0) is 11.8 Å². The minimum Gasteiger partial charge on any atom is -0.315 e. The van der Waals surface area contributed by atoms with Gasteiger partial charge < -0.3 is 4.52 Å². The molecule has 2 aromatic heterocycles. The van der Waals surface area contributed by atoms with Gasteiger partial charge in [-0.1, -0.05) is 5.16 Å². The molecule has 0 saturated heterocycles. The monoisotopic (exact) mass is 247 g/mol. The average Bonchev–Trinajstić information content (AvgIpc) is 2.86. The predicted molar refractivity (Wildman–Crippen MR) is 61.7 cm³/mol. The van der Waals surface area contributed by atoms with Crippen molar-refractivity contribution < 1.29 is 9.32 Å². The zero-order valence-corrected chi connectivity index (χ0v) is 10.1. The van der Waals surface area contributed by atoms with E-state index in [1.54, 1.807) is 17.8 Å². The summed E-state index contributed by atoms with van der Waals surface area (Å²) in [5.41, 5.74) is 1.10. The van der Waals surface area contributed by atoms with Crippen molar-refractivity contribution in [1.82, 2.24) is 19.9 Å². The molecule has 1 aliphatic rings. The van der Waals surface area contributed by atoms with E-state index in [2.05, 4.69) is 20.6 Å². The Morgan fingerprint density at radius 1 is 1.61 bits per heavy atom. The quantitative estimate of drug-likeness (QED) is 0.869. The van der Waals surface area contributed by atoms with Crippen LogP contribution >= 0.6 is 0 Å². The Kier molecular flexibility index (Phi) is 2.39. The Balaban J connectivity index is 1.62. The van der Waals surface area contributed by atoms with E-state index >= 15 is 0 Å². The van der Waals surface area contributed by atoms with Gasteiger partial charge in [0.2, 0.25) is 5.91 Å². The van der Waals surface area contributed by atoms with Gasteiger partial charge in [-0.3, -0.25) is 14.8 Å². The van der Waals surface area contributed by atoms with Crippen LogP contribution in [0.25, 0.3) is 0 Å². The molecule has 94 valence electrons. The van der Waals surface area contributed by atoms with E-state index in [9.17, 15) is 4.79 Å². The van der Waals surface area contributed by atoms with Gasteiger partial charge in [-0.2, -0.15) is 10.1 Å². The summed E-state index contributed by atoms with van der Waals surface area (Å²) >= 11 is 0. The van der Waals surface area contributed by atoms with Crippen LogP contribution in [0.15, 0.2) is 16.9 Å². The lowest BCUT2D eigenvalue weighted by atomic mass is 10.2. The molecule has 0 radical (unpaired) electrons. The molecule has 0 aliphatic heterocycles. The van der Waals surface area contributed by atoms with Gasteiger partial charge in [0.05, 0.1) is 6.20 Å². The second-order valence-corrected chi connectivity index (χ2v) is 4.53. The van der Waals surface area contributed by atoms with Gasteiger partial charge in [-0.15, -0.1) is 0 Å². The van der Waals surface area contributed by atoms with Gasteiger partial charge in [0.1, 0.15) is 0 Å². The minimum atomic E-state index is -0.0764. The number of hydrogen-bond acceptors (Lipinski definition) is 5. The van der Waals surface area contributed by atoms with Crippen molar-refractivity contribution in [3.63, 3.8) is 0 Å². The largest absolute Gasteiger partial charge is 0.328 e. The molecule has 2 atom stereocenters. The average molecular weight is 247 g/mol. The maximum Gasteiger partial charge on any atom is 0.328 e. The number of aryl methyl sites for hydroxylation is 2. The van der Waals surface area contributed by atoms with E-state index in [-0.39, 0.29) is 23.8 Å². The number of aromatic nitrogens is 4. The molecule has 2 heterocycles. The topological polar surface area (TPSA) is 85.8 Å². The summed E-state index contributed by atoms with van der Waals surface area (Å²) in [6.45, 7) is 1.70. The molecule has 0 bridgehead atoms. The molecule has 0 unspecified atom stereocenters. The normalized spacial score (nSPS) is 21.9. The molecule has 1 saturated carbocycles. The number of carbonyl (C=O) groups is 1. The summed E-state index contributed by atoms with van der Waals surface area (Å²) in [4.78, 5) is 15.8. The van der Waals surface area contributed by atoms with Crippen LogP contribution in [0.5, 0.6) is 0 Å². The van der Waals surface area contributed by atoms with Crippen LogP contribution in [-0.4, -0.2) is 25.8 Å². The Bertz CT molecular complexity index is 588. The third-order valence-electron chi connectivity index (χ3n) is 3.04. The molecule has 1 N–H and O–H groups in total. The zero-order chi connectivity index (χ0) is 12.7. The molecule has 3 rings (SSSR count). The first kappa shape index (κ1) is 10.9. The van der Waals surface area contributed by atoms with E-state index in [0.29, 0.717) is 5.82 Å². The number of nitrogens with one attached hydrogen (secondary N) is 1. The minimum absolute atomic E-state index is 0.0265. The molecule has 1 aliphatic carbocycles. The number of hydrogen-bond donors (Lipinski definition) is 1. The highest BCUT2D eigenvalue weighted by molar-refractivity contribution is 5.93. The van der Waals surface area contributed by atoms with Crippen molar-refractivity contribution in [1.29, 1.82) is 0 Å². The van der Waals surface area contributed by atoms with Gasteiger partial charge in [0.15, 0.2) is 5.82 Å². The van der Waals surface area contributed by atoms with Crippen LogP contribution in [0.3, 0.4) is 0 Å². The number of nitrogens with zero attached hydrogens (tertiary/aromatic N) is 4. The summed E-state index contributed by atoms with van der Waals surface area (Å²) in [7, 11) is 1.86. The van der Waals surface area contributed by atoms with Gasteiger partial charge in [0, 0.05) is 19.2 Å². The molecular weight excluding hydrogens is 234 g/mol. The lowest BCUT2D eigenvalue weighted by molar-refractivity contribution is -0.117. The van der Waals surface area contributed by atoms with Crippen molar-refractivity contribution in [2.24, 2.45) is 13.0 Å². The lowest BCUT2D eigenvalue weighted by Gasteiger charge is -1.97. The third kappa shape index (κ3) is 1.99. The van der Waals surface area contributed by atoms with Crippen LogP contribution in [0.2, 0.25) is 0 Å². The second kappa shape index (κ2) is 3.94. The van der Waals surface area contributed by atoms with E-state index in [1.165, 1.54) is 0 Å². The third-order valence-corrected chi connectivity index (χ3v) is 3.04. The Hall–Kier alpha value is -2.18. The molecule has 7 nitrogen and oxygen atoms in total. The molecule has 7 heteroatoms. The molecular formula is C11H13N5O2. The molecule has 18 heavy (non-hydrogen) atoms. The van der Waals surface area contributed by atoms with E-state index in [4.69, 9.17) is 4.52 Å². The Morgan fingerprint density at radius 3 is 3.06 bits per heavy atom. The number of anilines is 1. The summed E-state index contributed by atoms with van der Waals surface area (Å²) in [5, 5.41) is 10.3. The smallest absolute Gasteiger partial charge is 0.315 e. The summed E-state index contributed by atoms with van der Waals surface area (Å²) in [5.74, 6) is 0.654. The Labute approximate surface area is 103 Å². The fourth-order valence-electron chi connectivity index (χ4n) is 2.03. The van der Waals surface area contributed by atoms with Gasteiger partial charge in [-0.25, -0.2) is 0 Å². The number of carbonyl (C=O) groups excluding carboxylic acids is 1. The highest BCUT2D eigenvalue weighted by Crippen LogP contribution is 2.47. The fraction of sp³-hybridized carbons (Fsp3) is 0.455. The SMILES string of the molecule is Cc1noc(NC(=O)[C@H]2C[C@@H]2c2cnn(C)c2)n1. The van der Waals surface area contributed by atoms with Crippen LogP contribution < -0.4 is 5.32 Å². The summed E-state index contributed by atoms with van der Waals surface area (Å²) in [6, 6.07) is 0.161. The molecule has 0 aromatic carbocycles. The van der Waals surface area contributed by atoms with E-state index in [0.717, 1.165) is 12.0 Å². The van der Waals surface area contributed by atoms with Crippen molar-refractivity contribution in [3.05, 3.63) is 23.8 Å². The van der Waals surface area contributed by atoms with Gasteiger partial charge in [0.25, 0.3) is 0 Å². The van der Waals surface area contributed by atoms with Crippen LogP contribution in [0.1, 0.15) is 23.7 Å². The summed E-state index contributed by atoms with van der Waals surface area (Å²) in [6.07, 6.45) is 4.58. The van der Waals surface area contributed by atoms with Crippen LogP contribution in [0, 0.1) is 12.8 Å². The van der Waals surface area contributed by atoms with Crippen molar-refractivity contribution in [2.75, 3.05) is 5.32 Å². The fourth-order valence-corrected chi connectivity index (χ4v) is 2.03. The van der Waals surface area contributed by atoms with Gasteiger partial charge in [-0.05, 0) is 24.8 Å². The number of rotatable bonds is 3. The van der Waals surface area contributed by atoms with E-state index in [1.807, 2.05) is 13.2 Å². The molecule has 1 amide bonds. The zero-order valence-electron chi connectivity index (χ0n) is 10.1. The summed E-state index contributed by atoms with van der Waals surface area (Å²) < 4.78 is 6.59. The highest BCUT2D eigenvalue weighted by Gasteiger charge is 2.45. The lowest BCUT2D eigenvalue weighted by Crippen LogP contribution is -2.14. The Morgan fingerprint density at radius 2 is 2.44 bits per heavy atom. The first-order chi connectivity index (χ1) is 8.63. The van der Waals surface area contributed by atoms with Crippen LogP contribution in [0.4, 0.5) is 6.01 Å². The van der Waals surface area contributed by atoms with E-state index < -0.39 is 0 Å². The number of amides is 1. The van der Waals surface area contributed by atoms with Gasteiger partial charge >= 0.3 is 6.01 Å². The molecule has 2 aromatic rings.